The van der Waals surface area contributed by atoms with Gasteiger partial charge in [0, 0.05) is 17.9 Å². The molecule has 0 aliphatic heterocycles. The number of hydrogen-bond acceptors (Lipinski definition) is 4. The lowest BCUT2D eigenvalue weighted by molar-refractivity contribution is 0.482. The van der Waals surface area contributed by atoms with E-state index in [9.17, 15) is 0 Å². The van der Waals surface area contributed by atoms with Crippen LogP contribution < -0.4 is 15.5 Å². The van der Waals surface area contributed by atoms with E-state index in [0.717, 1.165) is 11.3 Å². The number of benzene rings is 1. The average molecular weight is 411 g/mol. The van der Waals surface area contributed by atoms with Gasteiger partial charge in [0.2, 0.25) is 0 Å². The molecule has 0 unspecified atom stereocenters. The molecule has 0 atom stereocenters. The molecule has 0 radical (unpaired) electrons. The molecule has 0 saturated heterocycles. The standard InChI is InChI=1S/C18H20Cl2N4OS/c1-11(23-24-17(26)22-18(2,3)4)12-5-7-13(8-6-12)25-16-14(19)9-21-10-15(16)20/h5-10H,1-4H3,(H2,22,24,26)/b23-11+. The quantitative estimate of drug-likeness (QED) is 0.413. The van der Waals surface area contributed by atoms with Crippen molar-refractivity contribution in [3.8, 4) is 11.5 Å². The highest BCUT2D eigenvalue weighted by Crippen LogP contribution is 2.35. The van der Waals surface area contributed by atoms with Gasteiger partial charge >= 0.3 is 0 Å². The summed E-state index contributed by atoms with van der Waals surface area (Å²) in [5, 5.41) is 8.60. The summed E-state index contributed by atoms with van der Waals surface area (Å²) in [6, 6.07) is 7.40. The first-order valence-electron chi connectivity index (χ1n) is 7.85. The minimum atomic E-state index is -0.123. The fourth-order valence-electron chi connectivity index (χ4n) is 1.95. The van der Waals surface area contributed by atoms with Crippen LogP contribution in [-0.4, -0.2) is 21.3 Å². The lowest BCUT2D eigenvalue weighted by Crippen LogP contribution is -2.44. The van der Waals surface area contributed by atoms with Gasteiger partial charge in [-0.25, -0.2) is 0 Å². The summed E-state index contributed by atoms with van der Waals surface area (Å²) in [6.07, 6.45) is 2.96. The van der Waals surface area contributed by atoms with E-state index in [0.29, 0.717) is 26.7 Å². The normalized spacial score (nSPS) is 11.8. The molecule has 2 aromatic rings. The molecule has 0 fully saturated rings. The molecule has 2 N–H and O–H groups in total. The van der Waals surface area contributed by atoms with Crippen LogP contribution in [0.5, 0.6) is 11.5 Å². The smallest absolute Gasteiger partial charge is 0.187 e. The van der Waals surface area contributed by atoms with Crippen LogP contribution >= 0.6 is 35.4 Å². The van der Waals surface area contributed by atoms with Gasteiger partial charge in [0.15, 0.2) is 10.9 Å². The summed E-state index contributed by atoms with van der Waals surface area (Å²) < 4.78 is 5.74. The van der Waals surface area contributed by atoms with Crippen molar-refractivity contribution < 1.29 is 4.74 Å². The number of nitrogens with one attached hydrogen (secondary N) is 2. The number of pyridine rings is 1. The van der Waals surface area contributed by atoms with E-state index in [-0.39, 0.29) is 5.54 Å². The Bertz CT molecular complexity index is 797. The van der Waals surface area contributed by atoms with Crippen molar-refractivity contribution in [2.75, 3.05) is 0 Å². The predicted molar refractivity (Wildman–Crippen MR) is 112 cm³/mol. The number of ether oxygens (including phenoxy) is 1. The zero-order chi connectivity index (χ0) is 19.3. The lowest BCUT2D eigenvalue weighted by Gasteiger charge is -2.21. The number of rotatable bonds is 4. The maximum absolute atomic E-state index is 6.06. The average Bonchev–Trinajstić information content (AvgIpc) is 2.55. The number of aromatic nitrogens is 1. The van der Waals surface area contributed by atoms with Crippen molar-refractivity contribution in [2.24, 2.45) is 5.10 Å². The van der Waals surface area contributed by atoms with Gasteiger partial charge in [-0.05, 0) is 69.7 Å². The Morgan fingerprint density at radius 2 is 1.69 bits per heavy atom. The third kappa shape index (κ3) is 6.12. The third-order valence-electron chi connectivity index (χ3n) is 3.12. The number of nitrogens with zero attached hydrogens (tertiary/aromatic N) is 2. The van der Waals surface area contributed by atoms with Crippen molar-refractivity contribution in [1.29, 1.82) is 0 Å². The predicted octanol–water partition coefficient (Wildman–Crippen LogP) is 5.17. The molecule has 0 spiro atoms. The molecule has 138 valence electrons. The highest BCUT2D eigenvalue weighted by Gasteiger charge is 2.11. The second kappa shape index (κ2) is 8.66. The van der Waals surface area contributed by atoms with Crippen LogP contribution in [0, 0.1) is 0 Å². The van der Waals surface area contributed by atoms with Gasteiger partial charge in [0.1, 0.15) is 15.8 Å². The molecule has 0 saturated carbocycles. The molecule has 1 aromatic carbocycles. The summed E-state index contributed by atoms with van der Waals surface area (Å²) in [5.74, 6) is 0.983. The van der Waals surface area contributed by atoms with Crippen LogP contribution in [0.3, 0.4) is 0 Å². The van der Waals surface area contributed by atoms with Gasteiger partial charge < -0.3 is 10.1 Å². The van der Waals surface area contributed by atoms with Crippen LogP contribution in [0.1, 0.15) is 33.3 Å². The third-order valence-corrected chi connectivity index (χ3v) is 3.85. The molecule has 26 heavy (non-hydrogen) atoms. The monoisotopic (exact) mass is 410 g/mol. The van der Waals surface area contributed by atoms with Crippen LogP contribution in [0.25, 0.3) is 0 Å². The molecular weight excluding hydrogens is 391 g/mol. The summed E-state index contributed by atoms with van der Waals surface area (Å²) in [6.45, 7) is 7.96. The zero-order valence-corrected chi connectivity index (χ0v) is 17.3. The van der Waals surface area contributed by atoms with Gasteiger partial charge in [0.05, 0.1) is 5.71 Å². The van der Waals surface area contributed by atoms with Gasteiger partial charge in [-0.3, -0.25) is 10.4 Å². The van der Waals surface area contributed by atoms with E-state index >= 15 is 0 Å². The number of thiocarbonyl (C=S) groups is 1. The van der Waals surface area contributed by atoms with Crippen molar-refractivity contribution in [1.82, 2.24) is 15.7 Å². The van der Waals surface area contributed by atoms with E-state index < -0.39 is 0 Å². The van der Waals surface area contributed by atoms with Gasteiger partial charge in [0.25, 0.3) is 0 Å². The minimum absolute atomic E-state index is 0.123. The fourth-order valence-corrected chi connectivity index (χ4v) is 2.74. The first kappa shape index (κ1) is 20.4. The maximum Gasteiger partial charge on any atom is 0.187 e. The Kier molecular flexibility index (Phi) is 6.81. The maximum atomic E-state index is 6.06. The minimum Gasteiger partial charge on any atom is -0.454 e. The second-order valence-electron chi connectivity index (χ2n) is 6.57. The van der Waals surface area contributed by atoms with Crippen LogP contribution in [0.15, 0.2) is 41.8 Å². The van der Waals surface area contributed by atoms with Crippen molar-refractivity contribution >= 4 is 46.2 Å². The van der Waals surface area contributed by atoms with Crippen molar-refractivity contribution in [3.63, 3.8) is 0 Å². The van der Waals surface area contributed by atoms with E-state index in [2.05, 4.69) is 20.8 Å². The molecule has 8 heteroatoms. The van der Waals surface area contributed by atoms with Crippen molar-refractivity contribution in [3.05, 3.63) is 52.3 Å². The van der Waals surface area contributed by atoms with E-state index in [1.54, 1.807) is 0 Å². The van der Waals surface area contributed by atoms with E-state index in [4.69, 9.17) is 40.2 Å². The molecule has 0 bridgehead atoms. The highest BCUT2D eigenvalue weighted by atomic mass is 35.5. The zero-order valence-electron chi connectivity index (χ0n) is 14.9. The van der Waals surface area contributed by atoms with Crippen LogP contribution in [-0.2, 0) is 0 Å². The van der Waals surface area contributed by atoms with Gasteiger partial charge in [-0.15, -0.1) is 0 Å². The Morgan fingerprint density at radius 1 is 1.12 bits per heavy atom. The fraction of sp³-hybridized carbons (Fsp3) is 0.278. The molecular formula is C18H20Cl2N4OS. The van der Waals surface area contributed by atoms with Crippen molar-refractivity contribution in [2.45, 2.75) is 33.2 Å². The SMILES string of the molecule is C/C(=N\NC(=S)NC(C)(C)C)c1ccc(Oc2c(Cl)cncc2Cl)cc1. The van der Waals surface area contributed by atoms with Gasteiger partial charge in [-0.2, -0.15) is 5.10 Å². The summed E-state index contributed by atoms with van der Waals surface area (Å²) in [4.78, 5) is 3.90. The first-order chi connectivity index (χ1) is 12.2. The number of halogens is 2. The number of hydrogen-bond donors (Lipinski definition) is 2. The Labute approximate surface area is 168 Å². The Hall–Kier alpha value is -1.89. The van der Waals surface area contributed by atoms with Crippen LogP contribution in [0.2, 0.25) is 10.0 Å². The van der Waals surface area contributed by atoms with Gasteiger partial charge in [-0.1, -0.05) is 23.2 Å². The van der Waals surface area contributed by atoms with E-state index in [1.807, 2.05) is 52.0 Å². The molecule has 0 aliphatic rings. The molecule has 2 rings (SSSR count). The largest absolute Gasteiger partial charge is 0.454 e. The number of hydrazone groups is 1. The molecule has 1 heterocycles. The second-order valence-corrected chi connectivity index (χ2v) is 7.79. The summed E-state index contributed by atoms with van der Waals surface area (Å²) in [7, 11) is 0. The molecule has 0 amide bonds. The molecule has 1 aromatic heterocycles. The summed E-state index contributed by atoms with van der Waals surface area (Å²) >= 11 is 17.3. The topological polar surface area (TPSA) is 58.5 Å². The van der Waals surface area contributed by atoms with Crippen LogP contribution in [0.4, 0.5) is 0 Å². The lowest BCUT2D eigenvalue weighted by atomic mass is 10.1. The summed E-state index contributed by atoms with van der Waals surface area (Å²) in [5.41, 5.74) is 4.43. The Balaban J connectivity index is 2.04. The highest BCUT2D eigenvalue weighted by molar-refractivity contribution is 7.80. The van der Waals surface area contributed by atoms with E-state index in [1.165, 1.54) is 12.4 Å². The Morgan fingerprint density at radius 3 is 2.23 bits per heavy atom. The molecule has 5 nitrogen and oxygen atoms in total. The first-order valence-corrected chi connectivity index (χ1v) is 9.02. The molecule has 0 aliphatic carbocycles.